The molecule has 2 aromatic carbocycles. The van der Waals surface area contributed by atoms with Gasteiger partial charge in [-0.25, -0.2) is 0 Å². The molecule has 0 aliphatic carbocycles. The highest BCUT2D eigenvalue weighted by Crippen LogP contribution is 2.27. The van der Waals surface area contributed by atoms with Crippen LogP contribution in [0.4, 0.5) is 15.8 Å². The first-order valence-electron chi connectivity index (χ1n) is 5.81. The topological polar surface area (TPSA) is 55.2 Å². The molecule has 4 nitrogen and oxygen atoms in total. The monoisotopic (exact) mass is 260 g/mol. The second kappa shape index (κ2) is 5.48. The van der Waals surface area contributed by atoms with Crippen molar-refractivity contribution in [1.82, 2.24) is 0 Å². The SMILES string of the molecule is Cc1ccccc1CNc1cccc(F)c1[N+](=O)[O-]. The molecule has 0 bridgehead atoms. The molecule has 0 radical (unpaired) electrons. The van der Waals surface area contributed by atoms with Gasteiger partial charge in [-0.2, -0.15) is 4.39 Å². The van der Waals surface area contributed by atoms with E-state index in [1.54, 1.807) is 0 Å². The van der Waals surface area contributed by atoms with Gasteiger partial charge in [-0.15, -0.1) is 0 Å². The molecule has 0 saturated carbocycles. The molecule has 19 heavy (non-hydrogen) atoms. The lowest BCUT2D eigenvalue weighted by molar-refractivity contribution is -0.386. The third kappa shape index (κ3) is 2.88. The molecule has 1 N–H and O–H groups in total. The van der Waals surface area contributed by atoms with Crippen molar-refractivity contribution in [3.05, 3.63) is 69.5 Å². The van der Waals surface area contributed by atoms with Gasteiger partial charge in [-0.05, 0) is 30.2 Å². The summed E-state index contributed by atoms with van der Waals surface area (Å²) in [4.78, 5) is 10.1. The van der Waals surface area contributed by atoms with E-state index < -0.39 is 16.4 Å². The van der Waals surface area contributed by atoms with Crippen LogP contribution in [0.25, 0.3) is 0 Å². The number of anilines is 1. The van der Waals surface area contributed by atoms with Crippen molar-refractivity contribution in [3.8, 4) is 0 Å². The lowest BCUT2D eigenvalue weighted by Gasteiger charge is -2.09. The molecule has 5 heteroatoms. The minimum Gasteiger partial charge on any atom is -0.375 e. The van der Waals surface area contributed by atoms with Crippen molar-refractivity contribution in [2.24, 2.45) is 0 Å². The minimum absolute atomic E-state index is 0.188. The highest BCUT2D eigenvalue weighted by molar-refractivity contribution is 5.62. The van der Waals surface area contributed by atoms with Crippen LogP contribution in [0.5, 0.6) is 0 Å². The predicted molar refractivity (Wildman–Crippen MR) is 71.6 cm³/mol. The largest absolute Gasteiger partial charge is 0.375 e. The van der Waals surface area contributed by atoms with E-state index in [1.165, 1.54) is 12.1 Å². The molecule has 2 rings (SSSR count). The summed E-state index contributed by atoms with van der Waals surface area (Å²) in [5.41, 5.74) is 1.76. The Morgan fingerprint density at radius 1 is 1.21 bits per heavy atom. The van der Waals surface area contributed by atoms with Crippen LogP contribution in [0.15, 0.2) is 42.5 Å². The zero-order chi connectivity index (χ0) is 13.8. The molecule has 0 aliphatic rings. The van der Waals surface area contributed by atoms with Gasteiger partial charge in [0.15, 0.2) is 0 Å². The summed E-state index contributed by atoms with van der Waals surface area (Å²) in [6, 6.07) is 11.7. The van der Waals surface area contributed by atoms with E-state index in [9.17, 15) is 14.5 Å². The van der Waals surface area contributed by atoms with Crippen LogP contribution in [-0.2, 0) is 6.54 Å². The molecule has 98 valence electrons. The van der Waals surface area contributed by atoms with Crippen molar-refractivity contribution in [2.75, 3.05) is 5.32 Å². The first-order valence-corrected chi connectivity index (χ1v) is 5.81. The van der Waals surface area contributed by atoms with E-state index in [4.69, 9.17) is 0 Å². The predicted octanol–water partition coefficient (Wildman–Crippen LogP) is 3.65. The quantitative estimate of drug-likeness (QED) is 0.674. The van der Waals surface area contributed by atoms with Crippen molar-refractivity contribution in [1.29, 1.82) is 0 Å². The number of nitro benzene ring substituents is 1. The Morgan fingerprint density at radius 3 is 2.63 bits per heavy atom. The van der Waals surface area contributed by atoms with E-state index in [1.807, 2.05) is 31.2 Å². The zero-order valence-corrected chi connectivity index (χ0v) is 10.4. The third-order valence-corrected chi connectivity index (χ3v) is 2.90. The van der Waals surface area contributed by atoms with Crippen LogP contribution >= 0.6 is 0 Å². The van der Waals surface area contributed by atoms with Gasteiger partial charge in [0.05, 0.1) is 4.92 Å². The maximum absolute atomic E-state index is 13.4. The number of rotatable bonds is 4. The fourth-order valence-electron chi connectivity index (χ4n) is 1.84. The number of nitrogens with zero attached hydrogens (tertiary/aromatic N) is 1. The summed E-state index contributed by atoms with van der Waals surface area (Å²) < 4.78 is 13.4. The molecule has 0 unspecified atom stereocenters. The van der Waals surface area contributed by atoms with E-state index in [0.29, 0.717) is 6.54 Å². The van der Waals surface area contributed by atoms with Crippen LogP contribution in [0, 0.1) is 22.9 Å². The van der Waals surface area contributed by atoms with Crippen LogP contribution in [0.1, 0.15) is 11.1 Å². The lowest BCUT2D eigenvalue weighted by atomic mass is 10.1. The van der Waals surface area contributed by atoms with Crippen molar-refractivity contribution in [2.45, 2.75) is 13.5 Å². The summed E-state index contributed by atoms with van der Waals surface area (Å²) in [5.74, 6) is -0.834. The smallest absolute Gasteiger partial charge is 0.327 e. The van der Waals surface area contributed by atoms with Gasteiger partial charge in [0.25, 0.3) is 0 Å². The molecule has 0 saturated heterocycles. The Labute approximate surface area is 110 Å². The number of hydrogen-bond acceptors (Lipinski definition) is 3. The van der Waals surface area contributed by atoms with Crippen LogP contribution in [0.3, 0.4) is 0 Å². The summed E-state index contributed by atoms with van der Waals surface area (Å²) in [5, 5.41) is 13.8. The fourth-order valence-corrected chi connectivity index (χ4v) is 1.84. The van der Waals surface area contributed by atoms with Gasteiger partial charge in [-0.1, -0.05) is 30.3 Å². The number of halogens is 1. The molecule has 0 fully saturated rings. The number of aryl methyl sites for hydroxylation is 1. The summed E-state index contributed by atoms with van der Waals surface area (Å²) >= 11 is 0. The first kappa shape index (κ1) is 13.0. The Hall–Kier alpha value is -2.43. The van der Waals surface area contributed by atoms with E-state index >= 15 is 0 Å². The molecule has 0 atom stereocenters. The van der Waals surface area contributed by atoms with Gasteiger partial charge < -0.3 is 5.32 Å². The molecule has 2 aromatic rings. The minimum atomic E-state index is -0.834. The number of nitrogens with one attached hydrogen (secondary N) is 1. The number of nitro groups is 1. The van der Waals surface area contributed by atoms with Gasteiger partial charge in [0, 0.05) is 6.54 Å². The van der Waals surface area contributed by atoms with Crippen LogP contribution in [0.2, 0.25) is 0 Å². The van der Waals surface area contributed by atoms with Gasteiger partial charge in [0.2, 0.25) is 5.82 Å². The molecule has 0 heterocycles. The fraction of sp³-hybridized carbons (Fsp3) is 0.143. The molecule has 0 aromatic heterocycles. The summed E-state index contributed by atoms with van der Waals surface area (Å²) in [6.07, 6.45) is 0. The van der Waals surface area contributed by atoms with Gasteiger partial charge in [-0.3, -0.25) is 10.1 Å². The average Bonchev–Trinajstić information content (AvgIpc) is 2.37. The second-order valence-corrected chi connectivity index (χ2v) is 4.17. The number of para-hydroxylation sites is 1. The Balaban J connectivity index is 2.23. The van der Waals surface area contributed by atoms with Gasteiger partial charge in [0.1, 0.15) is 5.69 Å². The van der Waals surface area contributed by atoms with Crippen molar-refractivity contribution in [3.63, 3.8) is 0 Å². The molecular formula is C14H13FN2O2. The third-order valence-electron chi connectivity index (χ3n) is 2.90. The zero-order valence-electron chi connectivity index (χ0n) is 10.4. The summed E-state index contributed by atoms with van der Waals surface area (Å²) in [6.45, 7) is 2.37. The lowest BCUT2D eigenvalue weighted by Crippen LogP contribution is -2.05. The normalized spacial score (nSPS) is 10.2. The number of benzene rings is 2. The molecule has 0 spiro atoms. The van der Waals surface area contributed by atoms with E-state index in [-0.39, 0.29) is 5.69 Å². The molecule has 0 aliphatic heterocycles. The first-order chi connectivity index (χ1) is 9.09. The standard InChI is InChI=1S/C14H13FN2O2/c1-10-5-2-3-6-11(10)9-16-13-8-4-7-12(15)14(13)17(18)19/h2-8,16H,9H2,1H3. The molecule has 0 amide bonds. The van der Waals surface area contributed by atoms with E-state index in [0.717, 1.165) is 17.2 Å². The van der Waals surface area contributed by atoms with Gasteiger partial charge >= 0.3 is 5.69 Å². The van der Waals surface area contributed by atoms with Crippen molar-refractivity contribution >= 4 is 11.4 Å². The average molecular weight is 260 g/mol. The Bertz CT molecular complexity index is 614. The number of hydrogen-bond donors (Lipinski definition) is 1. The second-order valence-electron chi connectivity index (χ2n) is 4.17. The van der Waals surface area contributed by atoms with E-state index in [2.05, 4.69) is 5.32 Å². The highest BCUT2D eigenvalue weighted by atomic mass is 19.1. The van der Waals surface area contributed by atoms with Crippen molar-refractivity contribution < 1.29 is 9.31 Å². The van der Waals surface area contributed by atoms with Crippen LogP contribution in [-0.4, -0.2) is 4.92 Å². The maximum atomic E-state index is 13.4. The Morgan fingerprint density at radius 2 is 1.95 bits per heavy atom. The highest BCUT2D eigenvalue weighted by Gasteiger charge is 2.19. The Kier molecular flexibility index (Phi) is 3.75. The maximum Gasteiger partial charge on any atom is 0.327 e. The summed E-state index contributed by atoms with van der Waals surface area (Å²) in [7, 11) is 0. The van der Waals surface area contributed by atoms with Crippen LogP contribution < -0.4 is 5.32 Å². The molecular weight excluding hydrogens is 247 g/mol.